The van der Waals surface area contributed by atoms with Gasteiger partial charge in [0.25, 0.3) is 5.95 Å². The number of halogens is 2. The van der Waals surface area contributed by atoms with Gasteiger partial charge in [0.2, 0.25) is 0 Å². The zero-order valence-corrected chi connectivity index (χ0v) is 19.6. The zero-order chi connectivity index (χ0) is 21.5. The van der Waals surface area contributed by atoms with Gasteiger partial charge in [0.15, 0.2) is 0 Å². The first-order valence-electron chi connectivity index (χ1n) is 9.70. The summed E-state index contributed by atoms with van der Waals surface area (Å²) >= 11 is 7.36. The first-order valence-corrected chi connectivity index (χ1v) is 11.5. The van der Waals surface area contributed by atoms with E-state index in [0.717, 1.165) is 28.1 Å². The van der Waals surface area contributed by atoms with Gasteiger partial charge in [0, 0.05) is 17.3 Å². The van der Waals surface area contributed by atoms with Crippen LogP contribution in [0, 0.1) is 0 Å². The average Bonchev–Trinajstić information content (AvgIpc) is 2.85. The van der Waals surface area contributed by atoms with Gasteiger partial charge in [0.1, 0.15) is 11.4 Å². The molecule has 1 heterocycles. The minimum absolute atomic E-state index is 0.0208. The van der Waals surface area contributed by atoms with Crippen molar-refractivity contribution in [3.8, 4) is 22.5 Å². The maximum absolute atomic E-state index is 4.69. The molecule has 0 aliphatic heterocycles. The monoisotopic (exact) mass is 535 g/mol. The van der Waals surface area contributed by atoms with Crippen LogP contribution in [-0.4, -0.2) is 26.2 Å². The van der Waals surface area contributed by atoms with Gasteiger partial charge in [-0.15, -0.1) is 10.2 Å². The fourth-order valence-corrected chi connectivity index (χ4v) is 3.89. The Morgan fingerprint density at radius 1 is 0.710 bits per heavy atom. The van der Waals surface area contributed by atoms with Crippen LogP contribution in [0.1, 0.15) is 10.4 Å². The van der Waals surface area contributed by atoms with Gasteiger partial charge in [-0.3, -0.25) is 0 Å². The lowest BCUT2D eigenvalue weighted by Crippen LogP contribution is -2.10. The van der Waals surface area contributed by atoms with E-state index in [1.54, 1.807) is 6.21 Å². The van der Waals surface area contributed by atoms with Gasteiger partial charge >= 0.3 is 0 Å². The summed E-state index contributed by atoms with van der Waals surface area (Å²) in [5.74, 6) is 0.334. The lowest BCUT2D eigenvalue weighted by molar-refractivity contribution is 0.970. The van der Waals surface area contributed by atoms with Crippen molar-refractivity contribution < 1.29 is 0 Å². The summed E-state index contributed by atoms with van der Waals surface area (Å²) < 4.78 is 0. The number of anilines is 1. The third-order valence-electron chi connectivity index (χ3n) is 4.56. The Morgan fingerprint density at radius 2 is 1.26 bits per heavy atom. The fourth-order valence-electron chi connectivity index (χ4n) is 3.02. The summed E-state index contributed by atoms with van der Waals surface area (Å²) in [5, 5.41) is 13.0. The van der Waals surface area contributed by atoms with Crippen molar-refractivity contribution in [2.24, 2.45) is 5.10 Å². The normalized spacial score (nSPS) is 13.1. The molecule has 0 spiro atoms. The average molecular weight is 537 g/mol. The molecule has 0 fully saturated rings. The van der Waals surface area contributed by atoms with E-state index < -0.39 is 0 Å². The highest BCUT2D eigenvalue weighted by Gasteiger charge is 2.16. The zero-order valence-electron chi connectivity index (χ0n) is 16.4. The molecule has 0 amide bonds. The third-order valence-corrected chi connectivity index (χ3v) is 7.13. The Hall–Kier alpha value is -2.90. The molecule has 4 aromatic rings. The first kappa shape index (κ1) is 21.3. The topological polar surface area (TPSA) is 63.1 Å². The van der Waals surface area contributed by atoms with Crippen LogP contribution >= 0.6 is 31.9 Å². The second-order valence-corrected chi connectivity index (χ2v) is 8.76. The molecular formula is C24H19Br2N5. The lowest BCUT2D eigenvalue weighted by Gasteiger charge is -2.13. The Kier molecular flexibility index (Phi) is 7.17. The molecule has 0 saturated heterocycles. The predicted octanol–water partition coefficient (Wildman–Crippen LogP) is 6.50. The number of hydrogen-bond donors (Lipinski definition) is 1. The molecule has 5 nitrogen and oxygen atoms in total. The number of aromatic nitrogens is 3. The molecule has 0 radical (unpaired) electrons. The van der Waals surface area contributed by atoms with E-state index in [0.29, 0.717) is 5.95 Å². The molecule has 0 saturated carbocycles. The Labute approximate surface area is 197 Å². The lowest BCUT2D eigenvalue weighted by atomic mass is 10.0. The second-order valence-electron chi connectivity index (χ2n) is 6.71. The summed E-state index contributed by atoms with van der Waals surface area (Å²) in [4.78, 5) is 4.75. The van der Waals surface area contributed by atoms with Gasteiger partial charge in [-0.05, 0) is 5.56 Å². The van der Waals surface area contributed by atoms with E-state index >= 15 is 0 Å². The largest absolute Gasteiger partial charge is 0.263 e. The SMILES string of the molecule is Br[C@H](/C=N/Nc1nnc(-c2ccccc2)c(-c2ccccc2)n1)[C@H](Br)c1ccccc1. The smallest absolute Gasteiger partial charge is 0.244 e. The molecule has 0 bridgehead atoms. The minimum Gasteiger partial charge on any atom is -0.244 e. The minimum atomic E-state index is -0.0208. The molecule has 3 aromatic carbocycles. The van der Waals surface area contributed by atoms with Crippen LogP contribution in [-0.2, 0) is 0 Å². The number of hydrazone groups is 1. The summed E-state index contributed by atoms with van der Waals surface area (Å²) in [7, 11) is 0. The van der Waals surface area contributed by atoms with Gasteiger partial charge in [-0.25, -0.2) is 10.4 Å². The van der Waals surface area contributed by atoms with Gasteiger partial charge < -0.3 is 0 Å². The number of benzene rings is 3. The summed E-state index contributed by atoms with van der Waals surface area (Å²) in [6, 6.07) is 30.0. The van der Waals surface area contributed by atoms with Crippen LogP contribution in [0.5, 0.6) is 0 Å². The van der Waals surface area contributed by atoms with Crippen molar-refractivity contribution in [3.63, 3.8) is 0 Å². The number of rotatable bonds is 7. The van der Waals surface area contributed by atoms with Crippen molar-refractivity contribution >= 4 is 44.0 Å². The van der Waals surface area contributed by atoms with E-state index in [2.05, 4.69) is 64.7 Å². The number of nitrogens with zero attached hydrogens (tertiary/aromatic N) is 4. The molecular weight excluding hydrogens is 518 g/mol. The first-order chi connectivity index (χ1) is 15.2. The van der Waals surface area contributed by atoms with E-state index in [1.807, 2.05) is 78.9 Å². The molecule has 0 aliphatic carbocycles. The van der Waals surface area contributed by atoms with E-state index in [9.17, 15) is 0 Å². The van der Waals surface area contributed by atoms with Crippen molar-refractivity contribution in [1.29, 1.82) is 0 Å². The molecule has 154 valence electrons. The second kappa shape index (κ2) is 10.4. The van der Waals surface area contributed by atoms with E-state index in [-0.39, 0.29) is 9.65 Å². The van der Waals surface area contributed by atoms with Crippen LogP contribution in [0.2, 0.25) is 0 Å². The number of alkyl halides is 2. The molecule has 1 N–H and O–H groups in total. The van der Waals surface area contributed by atoms with Crippen LogP contribution in [0.25, 0.3) is 22.5 Å². The van der Waals surface area contributed by atoms with E-state index in [1.165, 1.54) is 0 Å². The number of nitrogens with one attached hydrogen (secondary N) is 1. The van der Waals surface area contributed by atoms with Crippen molar-refractivity contribution in [3.05, 3.63) is 96.6 Å². The highest BCUT2D eigenvalue weighted by molar-refractivity contribution is 9.12. The van der Waals surface area contributed by atoms with Crippen LogP contribution in [0.4, 0.5) is 5.95 Å². The Morgan fingerprint density at radius 3 is 1.87 bits per heavy atom. The Balaban J connectivity index is 1.56. The van der Waals surface area contributed by atoms with Crippen LogP contribution < -0.4 is 5.43 Å². The standard InChI is InChI=1S/C24H19Br2N5/c25-20(21(26)17-10-4-1-5-11-17)16-27-30-24-28-22(18-12-6-2-7-13-18)23(29-31-24)19-14-8-3-9-15-19/h1-16,20-21H,(H,28,30,31)/b27-16+/t20-,21-/m1/s1. The molecule has 7 heteroatoms. The Bertz CT molecular complexity index is 1140. The summed E-state index contributed by atoms with van der Waals surface area (Å²) in [6.07, 6.45) is 1.77. The molecule has 0 aliphatic rings. The maximum atomic E-state index is 4.69. The highest BCUT2D eigenvalue weighted by Crippen LogP contribution is 2.30. The van der Waals surface area contributed by atoms with Gasteiger partial charge in [0.05, 0.1) is 9.65 Å². The van der Waals surface area contributed by atoms with Crippen molar-refractivity contribution in [2.75, 3.05) is 5.43 Å². The highest BCUT2D eigenvalue weighted by atomic mass is 79.9. The molecule has 4 rings (SSSR count). The maximum Gasteiger partial charge on any atom is 0.263 e. The third kappa shape index (κ3) is 5.42. The van der Waals surface area contributed by atoms with Crippen LogP contribution in [0.15, 0.2) is 96.1 Å². The van der Waals surface area contributed by atoms with E-state index in [4.69, 9.17) is 4.98 Å². The summed E-state index contributed by atoms with van der Waals surface area (Å²) in [6.45, 7) is 0. The van der Waals surface area contributed by atoms with Crippen molar-refractivity contribution in [2.45, 2.75) is 9.65 Å². The molecule has 31 heavy (non-hydrogen) atoms. The molecule has 1 aromatic heterocycles. The summed E-state index contributed by atoms with van der Waals surface area (Å²) in [5.41, 5.74) is 7.46. The fraction of sp³-hybridized carbons (Fsp3) is 0.0833. The quantitative estimate of drug-likeness (QED) is 0.166. The van der Waals surface area contributed by atoms with Crippen molar-refractivity contribution in [1.82, 2.24) is 15.2 Å². The number of hydrogen-bond acceptors (Lipinski definition) is 5. The van der Waals surface area contributed by atoms with Crippen LogP contribution in [0.3, 0.4) is 0 Å². The predicted molar refractivity (Wildman–Crippen MR) is 134 cm³/mol. The molecule has 2 atom stereocenters. The molecule has 0 unspecified atom stereocenters. The van der Waals surface area contributed by atoms with Gasteiger partial charge in [-0.2, -0.15) is 5.10 Å². The van der Waals surface area contributed by atoms with Gasteiger partial charge in [-0.1, -0.05) is 123 Å².